The van der Waals surface area contributed by atoms with Crippen molar-refractivity contribution < 1.29 is 23.4 Å². The maximum absolute atomic E-state index is 14.9. The topological polar surface area (TPSA) is 111 Å². The van der Waals surface area contributed by atoms with E-state index in [1.165, 1.54) is 17.4 Å². The molecule has 11 heteroatoms. The number of aromatic nitrogens is 4. The zero-order chi connectivity index (χ0) is 27.8. The Hall–Kier alpha value is -4.77. The molecule has 9 nitrogen and oxygen atoms in total. The molecule has 0 aliphatic heterocycles. The Balaban J connectivity index is 1.16. The van der Waals surface area contributed by atoms with E-state index in [0.717, 1.165) is 26.7 Å². The van der Waals surface area contributed by atoms with Gasteiger partial charge >= 0.3 is 6.09 Å². The summed E-state index contributed by atoms with van der Waals surface area (Å²) < 4.78 is 31.9. The van der Waals surface area contributed by atoms with E-state index in [1.54, 1.807) is 32.4 Å². The molecule has 3 heterocycles. The van der Waals surface area contributed by atoms with Gasteiger partial charge in [0.1, 0.15) is 17.7 Å². The Morgan fingerprint density at radius 3 is 2.85 bits per heavy atom. The number of methoxy groups -OCH3 is 1. The molecule has 202 valence electrons. The van der Waals surface area contributed by atoms with Crippen LogP contribution in [0.2, 0.25) is 0 Å². The summed E-state index contributed by atoms with van der Waals surface area (Å²) in [6.07, 6.45) is 2.13. The summed E-state index contributed by atoms with van der Waals surface area (Å²) in [4.78, 5) is 29.1. The molecule has 6 aromatic rings. The second kappa shape index (κ2) is 10.4. The first-order valence-electron chi connectivity index (χ1n) is 12.5. The number of hydrogen-bond acceptors (Lipinski definition) is 8. The maximum atomic E-state index is 14.9. The standard InChI is InChI=1S/C29H24FN5O4S/c1-15-8-19(27-23(9-15)34-26(37-3)13-32-27)28-35-22-11-20(30)24(12-25(22)40-28)38-14-16(2)39-29(36)33-18-4-5-21-17(10-18)6-7-31-21/h4-13,16,31H,14H2,1-3H3,(H,33,36)/t16-/m1/s1. The van der Waals surface area contributed by atoms with Gasteiger partial charge in [0.15, 0.2) is 11.6 Å². The van der Waals surface area contributed by atoms with Crippen LogP contribution < -0.4 is 14.8 Å². The van der Waals surface area contributed by atoms with Crippen LogP contribution in [-0.2, 0) is 4.74 Å². The lowest BCUT2D eigenvalue weighted by atomic mass is 10.1. The highest BCUT2D eigenvalue weighted by Gasteiger charge is 2.17. The van der Waals surface area contributed by atoms with Crippen molar-refractivity contribution in [2.75, 3.05) is 19.0 Å². The van der Waals surface area contributed by atoms with Crippen LogP contribution >= 0.6 is 11.3 Å². The number of carbonyl (C=O) groups excluding carboxylic acids is 1. The number of halogens is 1. The van der Waals surface area contributed by atoms with Crippen molar-refractivity contribution in [2.45, 2.75) is 20.0 Å². The lowest BCUT2D eigenvalue weighted by Gasteiger charge is -2.15. The Bertz CT molecular complexity index is 1890. The molecule has 0 spiro atoms. The van der Waals surface area contributed by atoms with Gasteiger partial charge in [-0.1, -0.05) is 0 Å². The number of carbonyl (C=O) groups is 1. The Morgan fingerprint density at radius 1 is 1.12 bits per heavy atom. The Labute approximate surface area is 232 Å². The van der Waals surface area contributed by atoms with Gasteiger partial charge in [-0.15, -0.1) is 11.3 Å². The molecule has 0 saturated heterocycles. The fourth-order valence-electron chi connectivity index (χ4n) is 4.37. The molecule has 40 heavy (non-hydrogen) atoms. The number of thiazole rings is 1. The molecule has 0 aliphatic rings. The monoisotopic (exact) mass is 557 g/mol. The van der Waals surface area contributed by atoms with Gasteiger partial charge in [0.25, 0.3) is 0 Å². The van der Waals surface area contributed by atoms with E-state index in [4.69, 9.17) is 14.2 Å². The van der Waals surface area contributed by atoms with Gasteiger partial charge < -0.3 is 19.2 Å². The highest BCUT2D eigenvalue weighted by atomic mass is 32.1. The van der Waals surface area contributed by atoms with Crippen LogP contribution in [-0.4, -0.2) is 45.8 Å². The second-order valence-corrected chi connectivity index (χ2v) is 10.3. The molecule has 2 N–H and O–H groups in total. The lowest BCUT2D eigenvalue weighted by Crippen LogP contribution is -2.25. The summed E-state index contributed by atoms with van der Waals surface area (Å²) in [7, 11) is 1.54. The molecule has 0 fully saturated rings. The van der Waals surface area contributed by atoms with Gasteiger partial charge in [-0.3, -0.25) is 5.32 Å². The summed E-state index contributed by atoms with van der Waals surface area (Å²) in [5.74, 6) is -0.0827. The molecule has 1 atom stereocenters. The largest absolute Gasteiger partial charge is 0.487 e. The normalized spacial score (nSPS) is 12.1. The summed E-state index contributed by atoms with van der Waals surface area (Å²) in [6, 6.07) is 14.3. The third-order valence-corrected chi connectivity index (χ3v) is 7.28. The number of H-pyrrole nitrogens is 1. The van der Waals surface area contributed by atoms with Crippen LogP contribution in [0.3, 0.4) is 0 Å². The quantitative estimate of drug-likeness (QED) is 0.221. The van der Waals surface area contributed by atoms with E-state index in [9.17, 15) is 9.18 Å². The molecular formula is C29H24FN5O4S. The van der Waals surface area contributed by atoms with Gasteiger partial charge in [0.05, 0.1) is 34.6 Å². The molecule has 3 aromatic heterocycles. The smallest absolute Gasteiger partial charge is 0.412 e. The first-order chi connectivity index (χ1) is 19.4. The van der Waals surface area contributed by atoms with Crippen molar-refractivity contribution in [3.05, 3.63) is 72.3 Å². The number of ether oxygens (including phenoxy) is 3. The average Bonchev–Trinajstić information content (AvgIpc) is 3.57. The lowest BCUT2D eigenvalue weighted by molar-refractivity contribution is 0.0844. The van der Waals surface area contributed by atoms with Gasteiger partial charge in [-0.2, -0.15) is 0 Å². The van der Waals surface area contributed by atoms with Gasteiger partial charge in [-0.25, -0.2) is 24.1 Å². The predicted molar refractivity (Wildman–Crippen MR) is 153 cm³/mol. The molecule has 3 aromatic carbocycles. The van der Waals surface area contributed by atoms with E-state index in [2.05, 4.69) is 25.3 Å². The molecule has 0 bridgehead atoms. The summed E-state index contributed by atoms with van der Waals surface area (Å²) >= 11 is 1.40. The summed E-state index contributed by atoms with van der Waals surface area (Å²) in [5.41, 5.74) is 5.24. The van der Waals surface area contributed by atoms with E-state index in [1.807, 2.05) is 43.5 Å². The number of aromatic amines is 1. The molecule has 0 unspecified atom stereocenters. The Morgan fingerprint density at radius 2 is 2.00 bits per heavy atom. The van der Waals surface area contributed by atoms with Gasteiger partial charge in [-0.05, 0) is 55.8 Å². The maximum Gasteiger partial charge on any atom is 0.412 e. The minimum absolute atomic E-state index is 0.0295. The number of nitrogens with zero attached hydrogens (tertiary/aromatic N) is 3. The third kappa shape index (κ3) is 5.10. The van der Waals surface area contributed by atoms with Crippen LogP contribution in [0.25, 0.3) is 42.7 Å². The van der Waals surface area contributed by atoms with Crippen LogP contribution in [0, 0.1) is 12.7 Å². The number of nitrogens with one attached hydrogen (secondary N) is 2. The molecule has 0 aliphatic carbocycles. The van der Waals surface area contributed by atoms with Crippen molar-refractivity contribution >= 4 is 55.3 Å². The number of hydrogen-bond donors (Lipinski definition) is 2. The molecule has 0 saturated carbocycles. The number of aryl methyl sites for hydroxylation is 1. The van der Waals surface area contributed by atoms with Gasteiger partial charge in [0, 0.05) is 40.5 Å². The molecule has 1 amide bonds. The fraction of sp³-hybridized carbons (Fsp3) is 0.172. The van der Waals surface area contributed by atoms with Crippen molar-refractivity contribution in [3.63, 3.8) is 0 Å². The SMILES string of the molecule is COc1cnc2c(-c3nc4cc(F)c(OC[C@@H](C)OC(=O)Nc5ccc6[nH]ccc6c5)cc4s3)cc(C)cc2n1. The minimum atomic E-state index is -0.627. The minimum Gasteiger partial charge on any atom is -0.487 e. The summed E-state index contributed by atoms with van der Waals surface area (Å²) in [5, 5.41) is 4.36. The van der Waals surface area contributed by atoms with E-state index >= 15 is 0 Å². The zero-order valence-electron chi connectivity index (χ0n) is 21.8. The first kappa shape index (κ1) is 25.5. The highest BCUT2D eigenvalue weighted by Crippen LogP contribution is 2.37. The van der Waals surface area contributed by atoms with Crippen LogP contribution in [0.5, 0.6) is 11.6 Å². The van der Waals surface area contributed by atoms with E-state index in [0.29, 0.717) is 33.1 Å². The third-order valence-electron chi connectivity index (χ3n) is 6.23. The number of rotatable bonds is 7. The number of anilines is 1. The van der Waals surface area contributed by atoms with E-state index < -0.39 is 18.0 Å². The average molecular weight is 558 g/mol. The van der Waals surface area contributed by atoms with Crippen molar-refractivity contribution in [1.82, 2.24) is 19.9 Å². The molecule has 0 radical (unpaired) electrons. The Kier molecular flexibility index (Phi) is 6.64. The second-order valence-electron chi connectivity index (χ2n) is 9.29. The zero-order valence-corrected chi connectivity index (χ0v) is 22.6. The molecule has 6 rings (SSSR count). The van der Waals surface area contributed by atoms with Crippen molar-refractivity contribution in [2.24, 2.45) is 0 Å². The van der Waals surface area contributed by atoms with Crippen molar-refractivity contribution in [1.29, 1.82) is 0 Å². The number of amides is 1. The van der Waals surface area contributed by atoms with Crippen LogP contribution in [0.15, 0.2) is 60.9 Å². The van der Waals surface area contributed by atoms with Crippen molar-refractivity contribution in [3.8, 4) is 22.2 Å². The van der Waals surface area contributed by atoms with Crippen LogP contribution in [0.4, 0.5) is 14.9 Å². The van der Waals surface area contributed by atoms with Gasteiger partial charge in [0.2, 0.25) is 5.88 Å². The molecular weight excluding hydrogens is 533 g/mol. The van der Waals surface area contributed by atoms with Crippen LogP contribution in [0.1, 0.15) is 12.5 Å². The summed E-state index contributed by atoms with van der Waals surface area (Å²) in [6.45, 7) is 3.61. The fourth-order valence-corrected chi connectivity index (χ4v) is 5.36. The number of benzene rings is 3. The highest BCUT2D eigenvalue weighted by molar-refractivity contribution is 7.21. The number of fused-ring (bicyclic) bond motifs is 3. The van der Waals surface area contributed by atoms with E-state index in [-0.39, 0.29) is 12.4 Å². The predicted octanol–water partition coefficient (Wildman–Crippen LogP) is 6.86. The first-order valence-corrected chi connectivity index (χ1v) is 13.3.